The molecule has 0 amide bonds. The number of fused-ring (bicyclic) bond motifs is 5. The van der Waals surface area contributed by atoms with E-state index in [0.29, 0.717) is 19.0 Å². The number of allylic oxidation sites excluding steroid dienone is 3. The van der Waals surface area contributed by atoms with E-state index in [4.69, 9.17) is 4.74 Å². The Bertz CT molecular complexity index is 316. The Morgan fingerprint density at radius 3 is 3.36 bits per heavy atom. The first-order valence-corrected chi connectivity index (χ1v) is 5.32. The zero-order chi connectivity index (χ0) is 9.54. The Hall–Kier alpha value is -1.05. The van der Waals surface area contributed by atoms with Crippen LogP contribution >= 0.6 is 0 Å². The average molecular weight is 190 g/mol. The summed E-state index contributed by atoms with van der Waals surface area (Å²) in [6.07, 6.45) is 9.54. The Balaban J connectivity index is 1.77. The number of hydrogen-bond acceptors (Lipinski definition) is 2. The van der Waals surface area contributed by atoms with Crippen LogP contribution in [-0.4, -0.2) is 13.1 Å². The fraction of sp³-hybridized carbons (Fsp3) is 0.583. The molecular weight excluding hydrogens is 176 g/mol. The first-order valence-electron chi connectivity index (χ1n) is 5.32. The van der Waals surface area contributed by atoms with Crippen LogP contribution in [0.2, 0.25) is 0 Å². The van der Waals surface area contributed by atoms with E-state index in [1.54, 1.807) is 0 Å². The highest BCUT2D eigenvalue weighted by Gasteiger charge is 2.47. The van der Waals surface area contributed by atoms with Crippen LogP contribution in [0.25, 0.3) is 0 Å². The van der Waals surface area contributed by atoms with E-state index in [1.165, 1.54) is 18.4 Å². The van der Waals surface area contributed by atoms with Crippen LogP contribution in [0.3, 0.4) is 0 Å². The predicted molar refractivity (Wildman–Crippen MR) is 52.4 cm³/mol. The van der Waals surface area contributed by atoms with Gasteiger partial charge in [0.25, 0.3) is 6.47 Å². The lowest BCUT2D eigenvalue weighted by atomic mass is 9.82. The summed E-state index contributed by atoms with van der Waals surface area (Å²) in [5.41, 5.74) is 1.37. The molecule has 3 aliphatic rings. The topological polar surface area (TPSA) is 26.3 Å². The molecule has 74 valence electrons. The normalized spacial score (nSPS) is 42.4. The van der Waals surface area contributed by atoms with Gasteiger partial charge in [0, 0.05) is 0 Å². The van der Waals surface area contributed by atoms with Gasteiger partial charge in [-0.15, -0.1) is 0 Å². The largest absolute Gasteiger partial charge is 0.463 e. The summed E-state index contributed by atoms with van der Waals surface area (Å²) in [6.45, 7) is 1.07. The van der Waals surface area contributed by atoms with Crippen molar-refractivity contribution in [1.82, 2.24) is 0 Å². The van der Waals surface area contributed by atoms with E-state index in [1.807, 2.05) is 0 Å². The molecule has 0 aliphatic heterocycles. The van der Waals surface area contributed by atoms with Crippen LogP contribution in [0.4, 0.5) is 0 Å². The van der Waals surface area contributed by atoms with Crippen molar-refractivity contribution < 1.29 is 9.53 Å². The number of rotatable bonds is 3. The summed E-state index contributed by atoms with van der Waals surface area (Å²) < 4.78 is 4.85. The van der Waals surface area contributed by atoms with Crippen molar-refractivity contribution >= 4 is 6.47 Å². The molecule has 0 saturated heterocycles. The molecule has 0 radical (unpaired) electrons. The molecule has 2 nitrogen and oxygen atoms in total. The Morgan fingerprint density at radius 1 is 1.57 bits per heavy atom. The molecule has 2 bridgehead atoms. The molecule has 3 aliphatic carbocycles. The van der Waals surface area contributed by atoms with E-state index in [0.717, 1.165) is 17.8 Å². The van der Waals surface area contributed by atoms with Gasteiger partial charge in [0.05, 0.1) is 0 Å². The molecular formula is C12H14O2. The maximum Gasteiger partial charge on any atom is 0.293 e. The van der Waals surface area contributed by atoms with Crippen LogP contribution in [0.5, 0.6) is 0 Å². The van der Waals surface area contributed by atoms with Gasteiger partial charge < -0.3 is 4.74 Å². The standard InChI is InChI=1S/C12H14O2/c13-7-14-6-9-4-8-5-12(9)11-3-1-2-10(8)11/h1-2,4,7-8,10-12H,3,5-6H2/t8?,10?,11-,12-/m1/s1. The smallest absolute Gasteiger partial charge is 0.293 e. The van der Waals surface area contributed by atoms with Crippen LogP contribution in [0.15, 0.2) is 23.8 Å². The second-order valence-corrected chi connectivity index (χ2v) is 4.56. The summed E-state index contributed by atoms with van der Waals surface area (Å²) in [7, 11) is 0. The zero-order valence-electron chi connectivity index (χ0n) is 8.06. The summed E-state index contributed by atoms with van der Waals surface area (Å²) >= 11 is 0. The molecule has 1 saturated carbocycles. The van der Waals surface area contributed by atoms with Gasteiger partial charge in [-0.2, -0.15) is 0 Å². The molecule has 0 aromatic heterocycles. The maximum atomic E-state index is 10.1. The van der Waals surface area contributed by atoms with E-state index in [9.17, 15) is 4.79 Å². The van der Waals surface area contributed by atoms with Gasteiger partial charge in [0.1, 0.15) is 6.61 Å². The monoisotopic (exact) mass is 190 g/mol. The van der Waals surface area contributed by atoms with E-state index in [2.05, 4.69) is 18.2 Å². The third-order valence-corrected chi connectivity index (χ3v) is 4.02. The Morgan fingerprint density at radius 2 is 2.50 bits per heavy atom. The van der Waals surface area contributed by atoms with E-state index < -0.39 is 0 Å². The van der Waals surface area contributed by atoms with Crippen LogP contribution in [-0.2, 0) is 9.53 Å². The summed E-state index contributed by atoms with van der Waals surface area (Å²) in [5, 5.41) is 0. The zero-order valence-corrected chi connectivity index (χ0v) is 8.06. The minimum Gasteiger partial charge on any atom is -0.463 e. The molecule has 14 heavy (non-hydrogen) atoms. The average Bonchev–Trinajstić information content (AvgIpc) is 2.85. The van der Waals surface area contributed by atoms with Gasteiger partial charge >= 0.3 is 0 Å². The van der Waals surface area contributed by atoms with Crippen molar-refractivity contribution in [3.63, 3.8) is 0 Å². The lowest BCUT2D eigenvalue weighted by molar-refractivity contribution is -0.128. The molecule has 0 spiro atoms. The van der Waals surface area contributed by atoms with Crippen LogP contribution in [0.1, 0.15) is 12.8 Å². The van der Waals surface area contributed by atoms with Crippen molar-refractivity contribution in [2.24, 2.45) is 23.7 Å². The highest BCUT2D eigenvalue weighted by molar-refractivity contribution is 5.38. The highest BCUT2D eigenvalue weighted by Crippen LogP contribution is 2.55. The molecule has 1 fully saturated rings. The quantitative estimate of drug-likeness (QED) is 0.502. The second kappa shape index (κ2) is 2.97. The highest BCUT2D eigenvalue weighted by atomic mass is 16.5. The first kappa shape index (κ1) is 8.27. The molecule has 0 aromatic carbocycles. The van der Waals surface area contributed by atoms with Crippen LogP contribution < -0.4 is 0 Å². The molecule has 2 unspecified atom stereocenters. The molecule has 0 heterocycles. The molecule has 3 rings (SSSR count). The third-order valence-electron chi connectivity index (χ3n) is 4.02. The summed E-state index contributed by atoms with van der Waals surface area (Å²) in [6, 6.07) is 0. The fourth-order valence-corrected chi connectivity index (χ4v) is 3.50. The Kier molecular flexibility index (Phi) is 1.76. The van der Waals surface area contributed by atoms with Gasteiger partial charge in [0.15, 0.2) is 0 Å². The van der Waals surface area contributed by atoms with Crippen molar-refractivity contribution in [3.05, 3.63) is 23.8 Å². The van der Waals surface area contributed by atoms with Crippen molar-refractivity contribution in [3.8, 4) is 0 Å². The van der Waals surface area contributed by atoms with Gasteiger partial charge in [-0.25, -0.2) is 0 Å². The summed E-state index contributed by atoms with van der Waals surface area (Å²) in [4.78, 5) is 10.1. The summed E-state index contributed by atoms with van der Waals surface area (Å²) in [5.74, 6) is 3.03. The predicted octanol–water partition coefficient (Wildman–Crippen LogP) is 1.93. The number of carbonyl (C=O) groups is 1. The second-order valence-electron chi connectivity index (χ2n) is 4.56. The molecule has 0 N–H and O–H groups in total. The molecule has 0 aromatic rings. The Labute approximate surface area is 83.6 Å². The van der Waals surface area contributed by atoms with Crippen molar-refractivity contribution in [2.45, 2.75) is 12.8 Å². The van der Waals surface area contributed by atoms with E-state index in [-0.39, 0.29) is 0 Å². The van der Waals surface area contributed by atoms with Crippen LogP contribution in [0, 0.1) is 23.7 Å². The van der Waals surface area contributed by atoms with Crippen molar-refractivity contribution in [1.29, 1.82) is 0 Å². The molecule has 2 heteroatoms. The lowest BCUT2D eigenvalue weighted by Crippen LogP contribution is -2.19. The lowest BCUT2D eigenvalue weighted by Gasteiger charge is -2.24. The van der Waals surface area contributed by atoms with Gasteiger partial charge in [-0.05, 0) is 42.1 Å². The first-order chi connectivity index (χ1) is 6.90. The number of carbonyl (C=O) groups excluding carboxylic acids is 1. The van der Waals surface area contributed by atoms with Crippen molar-refractivity contribution in [2.75, 3.05) is 6.61 Å². The van der Waals surface area contributed by atoms with Gasteiger partial charge in [-0.1, -0.05) is 18.2 Å². The third kappa shape index (κ3) is 0.999. The minimum atomic E-state index is 0.522. The number of hydrogen-bond donors (Lipinski definition) is 0. The maximum absolute atomic E-state index is 10.1. The van der Waals surface area contributed by atoms with Gasteiger partial charge in [0.2, 0.25) is 0 Å². The fourth-order valence-electron chi connectivity index (χ4n) is 3.50. The van der Waals surface area contributed by atoms with E-state index >= 15 is 0 Å². The minimum absolute atomic E-state index is 0.522. The van der Waals surface area contributed by atoms with Gasteiger partial charge in [-0.3, -0.25) is 4.79 Å². The molecule has 4 atom stereocenters. The number of ether oxygens (including phenoxy) is 1. The SMILES string of the molecule is O=COCC1=CC2C[C@H]1[C@@H]1CC=CC21.